The largest absolute Gasteiger partial charge is 0.497 e. The predicted octanol–water partition coefficient (Wildman–Crippen LogP) is 3.69. The summed E-state index contributed by atoms with van der Waals surface area (Å²) in [5, 5.41) is 3.42. The summed E-state index contributed by atoms with van der Waals surface area (Å²) >= 11 is 1.32. The first-order chi connectivity index (χ1) is 11.6. The number of amides is 2. The van der Waals surface area contributed by atoms with Gasteiger partial charge in [-0.05, 0) is 42.7 Å². The van der Waals surface area contributed by atoms with Crippen molar-refractivity contribution in [1.82, 2.24) is 4.90 Å². The fraction of sp³-hybridized carbons (Fsp3) is 0.333. The molecule has 0 spiro atoms. The third kappa shape index (κ3) is 3.43. The fourth-order valence-corrected chi connectivity index (χ4v) is 3.93. The lowest BCUT2D eigenvalue weighted by Gasteiger charge is -2.24. The van der Waals surface area contributed by atoms with E-state index >= 15 is 0 Å². The van der Waals surface area contributed by atoms with Gasteiger partial charge in [0.15, 0.2) is 0 Å². The standard InChI is InChI=1S/C18H20N2O3S/c1-12(21)19-17-10-9-16(24-17)18(22)20-11-3-4-15(20)13-5-7-14(23-2)8-6-13/h5-10,15H,3-4,11H2,1-2H3,(H,19,21)/t15-/m0/s1. The number of anilines is 1. The molecule has 1 aromatic heterocycles. The van der Waals surface area contributed by atoms with Crippen LogP contribution >= 0.6 is 11.3 Å². The van der Waals surface area contributed by atoms with Crippen molar-refractivity contribution in [1.29, 1.82) is 0 Å². The monoisotopic (exact) mass is 344 g/mol. The molecule has 1 saturated heterocycles. The molecule has 126 valence electrons. The van der Waals surface area contributed by atoms with Gasteiger partial charge < -0.3 is 15.0 Å². The Hall–Kier alpha value is -2.34. The first-order valence-electron chi connectivity index (χ1n) is 7.91. The number of carbonyl (C=O) groups is 2. The Balaban J connectivity index is 1.77. The van der Waals surface area contributed by atoms with Crippen molar-refractivity contribution < 1.29 is 14.3 Å². The number of methoxy groups -OCH3 is 1. The zero-order chi connectivity index (χ0) is 17.1. The second-order valence-corrected chi connectivity index (χ2v) is 6.86. The van der Waals surface area contributed by atoms with Gasteiger partial charge in [0.1, 0.15) is 5.75 Å². The Morgan fingerprint density at radius 3 is 2.62 bits per heavy atom. The maximum atomic E-state index is 12.9. The van der Waals surface area contributed by atoms with Crippen molar-refractivity contribution in [3.8, 4) is 5.75 Å². The van der Waals surface area contributed by atoms with Gasteiger partial charge >= 0.3 is 0 Å². The number of likely N-dealkylation sites (tertiary alicyclic amines) is 1. The number of thiophene rings is 1. The fourth-order valence-electron chi connectivity index (χ4n) is 3.02. The number of carbonyl (C=O) groups excluding carboxylic acids is 2. The molecular weight excluding hydrogens is 324 g/mol. The molecule has 0 bridgehead atoms. The molecule has 0 radical (unpaired) electrons. The Morgan fingerprint density at radius 1 is 1.21 bits per heavy atom. The Morgan fingerprint density at radius 2 is 1.96 bits per heavy atom. The molecular formula is C18H20N2O3S. The summed E-state index contributed by atoms with van der Waals surface area (Å²) in [5.41, 5.74) is 1.13. The van der Waals surface area contributed by atoms with Crippen LogP contribution in [-0.2, 0) is 4.79 Å². The third-order valence-electron chi connectivity index (χ3n) is 4.13. The molecule has 5 nitrogen and oxygen atoms in total. The molecule has 1 aromatic carbocycles. The molecule has 1 N–H and O–H groups in total. The molecule has 0 aliphatic carbocycles. The van der Waals surface area contributed by atoms with Crippen molar-refractivity contribution in [3.05, 3.63) is 46.8 Å². The van der Waals surface area contributed by atoms with Crippen LogP contribution < -0.4 is 10.1 Å². The minimum absolute atomic E-state index is 0.0231. The minimum atomic E-state index is -0.131. The van der Waals surface area contributed by atoms with Crippen molar-refractivity contribution in [2.45, 2.75) is 25.8 Å². The summed E-state index contributed by atoms with van der Waals surface area (Å²) < 4.78 is 5.20. The zero-order valence-electron chi connectivity index (χ0n) is 13.7. The summed E-state index contributed by atoms with van der Waals surface area (Å²) in [7, 11) is 1.64. The van der Waals surface area contributed by atoms with E-state index in [1.165, 1.54) is 18.3 Å². The first-order valence-corrected chi connectivity index (χ1v) is 8.72. The van der Waals surface area contributed by atoms with Crippen LogP contribution in [0.25, 0.3) is 0 Å². The summed E-state index contributed by atoms with van der Waals surface area (Å²) in [6.07, 6.45) is 1.95. The molecule has 1 aliphatic rings. The van der Waals surface area contributed by atoms with Gasteiger partial charge in [-0.2, -0.15) is 0 Å². The summed E-state index contributed by atoms with van der Waals surface area (Å²) in [4.78, 5) is 26.6. The molecule has 1 atom stereocenters. The summed E-state index contributed by atoms with van der Waals surface area (Å²) in [6.45, 7) is 2.21. The van der Waals surface area contributed by atoms with Gasteiger partial charge in [-0.25, -0.2) is 0 Å². The Kier molecular flexibility index (Phi) is 4.85. The number of ether oxygens (including phenoxy) is 1. The van der Waals surface area contributed by atoms with Gasteiger partial charge in [-0.1, -0.05) is 12.1 Å². The minimum Gasteiger partial charge on any atom is -0.497 e. The highest BCUT2D eigenvalue weighted by molar-refractivity contribution is 7.18. The quantitative estimate of drug-likeness (QED) is 0.920. The van der Waals surface area contributed by atoms with Gasteiger partial charge in [-0.3, -0.25) is 9.59 Å². The van der Waals surface area contributed by atoms with Crippen LogP contribution in [0.1, 0.15) is 41.0 Å². The zero-order valence-corrected chi connectivity index (χ0v) is 14.6. The van der Waals surface area contributed by atoms with Crippen molar-refractivity contribution in [3.63, 3.8) is 0 Å². The average molecular weight is 344 g/mol. The normalized spacial score (nSPS) is 16.9. The number of rotatable bonds is 4. The summed E-state index contributed by atoms with van der Waals surface area (Å²) in [6, 6.07) is 11.5. The van der Waals surface area contributed by atoms with E-state index in [0.717, 1.165) is 30.7 Å². The maximum absolute atomic E-state index is 12.9. The van der Waals surface area contributed by atoms with E-state index in [1.54, 1.807) is 19.2 Å². The van der Waals surface area contributed by atoms with E-state index in [1.807, 2.05) is 29.2 Å². The van der Waals surface area contributed by atoms with Crippen LogP contribution in [0.5, 0.6) is 5.75 Å². The van der Waals surface area contributed by atoms with E-state index in [-0.39, 0.29) is 17.9 Å². The van der Waals surface area contributed by atoms with Crippen LogP contribution in [-0.4, -0.2) is 30.4 Å². The van der Waals surface area contributed by atoms with E-state index in [4.69, 9.17) is 4.74 Å². The molecule has 2 amide bonds. The molecule has 1 fully saturated rings. The lowest BCUT2D eigenvalue weighted by atomic mass is 10.0. The van der Waals surface area contributed by atoms with E-state index in [9.17, 15) is 9.59 Å². The second-order valence-electron chi connectivity index (χ2n) is 5.77. The predicted molar refractivity (Wildman–Crippen MR) is 94.6 cm³/mol. The summed E-state index contributed by atoms with van der Waals surface area (Å²) in [5.74, 6) is 0.705. The maximum Gasteiger partial charge on any atom is 0.264 e. The van der Waals surface area contributed by atoms with Gasteiger partial charge in [0.05, 0.1) is 23.0 Å². The number of benzene rings is 1. The number of hydrogen-bond donors (Lipinski definition) is 1. The number of hydrogen-bond acceptors (Lipinski definition) is 4. The van der Waals surface area contributed by atoms with E-state index in [2.05, 4.69) is 5.32 Å². The van der Waals surface area contributed by atoms with Crippen molar-refractivity contribution >= 4 is 28.2 Å². The number of nitrogens with zero attached hydrogens (tertiary/aromatic N) is 1. The topological polar surface area (TPSA) is 58.6 Å². The third-order valence-corrected chi connectivity index (χ3v) is 5.12. The molecule has 2 aromatic rings. The molecule has 1 aliphatic heterocycles. The van der Waals surface area contributed by atoms with Gasteiger partial charge in [-0.15, -0.1) is 11.3 Å². The van der Waals surface area contributed by atoms with E-state index < -0.39 is 0 Å². The van der Waals surface area contributed by atoms with Gasteiger partial charge in [0, 0.05) is 13.5 Å². The average Bonchev–Trinajstić information content (AvgIpc) is 3.23. The second kappa shape index (κ2) is 7.05. The molecule has 6 heteroatoms. The molecule has 2 heterocycles. The van der Waals surface area contributed by atoms with Crippen LogP contribution in [0.3, 0.4) is 0 Å². The highest BCUT2D eigenvalue weighted by atomic mass is 32.1. The van der Waals surface area contributed by atoms with Gasteiger partial charge in [0.25, 0.3) is 5.91 Å². The number of nitrogens with one attached hydrogen (secondary N) is 1. The SMILES string of the molecule is COc1ccc([C@@H]2CCCN2C(=O)c2ccc(NC(C)=O)s2)cc1. The van der Waals surface area contributed by atoms with Crippen LogP contribution in [0, 0.1) is 0 Å². The molecule has 0 saturated carbocycles. The Labute approximate surface area is 145 Å². The van der Waals surface area contributed by atoms with Crippen LogP contribution in [0.2, 0.25) is 0 Å². The smallest absolute Gasteiger partial charge is 0.264 e. The molecule has 0 unspecified atom stereocenters. The Bertz CT molecular complexity index is 739. The lowest BCUT2D eigenvalue weighted by Crippen LogP contribution is -2.29. The van der Waals surface area contributed by atoms with Crippen molar-refractivity contribution in [2.75, 3.05) is 19.0 Å². The van der Waals surface area contributed by atoms with Crippen LogP contribution in [0.4, 0.5) is 5.00 Å². The van der Waals surface area contributed by atoms with Crippen LogP contribution in [0.15, 0.2) is 36.4 Å². The van der Waals surface area contributed by atoms with Crippen molar-refractivity contribution in [2.24, 2.45) is 0 Å². The lowest BCUT2D eigenvalue weighted by molar-refractivity contribution is -0.114. The highest BCUT2D eigenvalue weighted by Gasteiger charge is 2.31. The molecule has 24 heavy (non-hydrogen) atoms. The molecule has 3 rings (SSSR count). The van der Waals surface area contributed by atoms with Gasteiger partial charge in [0.2, 0.25) is 5.91 Å². The first kappa shape index (κ1) is 16.5. The highest BCUT2D eigenvalue weighted by Crippen LogP contribution is 2.35. The van der Waals surface area contributed by atoms with E-state index in [0.29, 0.717) is 9.88 Å².